The number of benzene rings is 1. The molecule has 0 spiro atoms. The van der Waals surface area contributed by atoms with Gasteiger partial charge in [-0.15, -0.1) is 0 Å². The van der Waals surface area contributed by atoms with Crippen LogP contribution in [0.5, 0.6) is 0 Å². The van der Waals surface area contributed by atoms with E-state index in [1.807, 2.05) is 23.1 Å². The van der Waals surface area contributed by atoms with Crippen LogP contribution in [0.25, 0.3) is 0 Å². The Bertz CT molecular complexity index is 538. The summed E-state index contributed by atoms with van der Waals surface area (Å²) in [4.78, 5) is 24.8. The monoisotopic (exact) mass is 375 g/mol. The summed E-state index contributed by atoms with van der Waals surface area (Å²) in [7, 11) is 0. The normalized spacial score (nSPS) is 18.6. The Morgan fingerprint density at radius 2 is 2.30 bits per heavy atom. The maximum Gasteiger partial charge on any atom is 0.223 e. The average Bonchev–Trinajstić information content (AvgIpc) is 2.72. The van der Waals surface area contributed by atoms with Gasteiger partial charge in [0.2, 0.25) is 5.91 Å². The molecule has 0 aliphatic carbocycles. The first-order chi connectivity index (χ1) is 9.45. The van der Waals surface area contributed by atoms with Crippen LogP contribution in [0.4, 0.5) is 0 Å². The molecule has 3 nitrogen and oxygen atoms in total. The molecule has 1 heterocycles. The zero-order valence-corrected chi connectivity index (χ0v) is 14.2. The first-order valence-electron chi connectivity index (χ1n) is 6.30. The molecule has 6 heteroatoms. The summed E-state index contributed by atoms with van der Waals surface area (Å²) in [6.45, 7) is 2.87. The van der Waals surface area contributed by atoms with Gasteiger partial charge in [-0.05, 0) is 39.5 Å². The van der Waals surface area contributed by atoms with Gasteiger partial charge in [0.05, 0.1) is 5.02 Å². The van der Waals surface area contributed by atoms with Crippen molar-refractivity contribution in [3.05, 3.63) is 33.3 Å². The maximum absolute atomic E-state index is 12.0. The highest BCUT2D eigenvalue weighted by Crippen LogP contribution is 2.27. The predicted octanol–water partition coefficient (Wildman–Crippen LogP) is 3.73. The number of rotatable bonds is 4. The molecule has 2 rings (SSSR count). The number of thioether (sulfide) groups is 1. The molecule has 1 unspecified atom stereocenters. The number of hydrogen-bond acceptors (Lipinski definition) is 3. The van der Waals surface area contributed by atoms with E-state index in [1.165, 1.54) is 11.8 Å². The second kappa shape index (κ2) is 6.96. The number of nitrogens with zero attached hydrogens (tertiary/aromatic N) is 1. The van der Waals surface area contributed by atoms with Crippen LogP contribution in [0, 0.1) is 5.92 Å². The van der Waals surface area contributed by atoms with E-state index >= 15 is 0 Å². The number of carbonyl (C=O) groups excluding carboxylic acids is 2. The summed E-state index contributed by atoms with van der Waals surface area (Å²) in [6, 6.07) is 5.69. The Balaban J connectivity index is 1.94. The third kappa shape index (κ3) is 4.24. The van der Waals surface area contributed by atoms with E-state index < -0.39 is 0 Å². The van der Waals surface area contributed by atoms with Gasteiger partial charge in [-0.3, -0.25) is 9.59 Å². The fourth-order valence-electron chi connectivity index (χ4n) is 2.21. The molecule has 1 atom stereocenters. The fraction of sp³-hybridized carbons (Fsp3) is 0.429. The Morgan fingerprint density at radius 3 is 2.95 bits per heavy atom. The van der Waals surface area contributed by atoms with Crippen molar-refractivity contribution in [2.24, 2.45) is 5.92 Å². The highest BCUT2D eigenvalue weighted by Gasteiger charge is 2.29. The molecule has 20 heavy (non-hydrogen) atoms. The zero-order chi connectivity index (χ0) is 14.7. The van der Waals surface area contributed by atoms with Gasteiger partial charge in [0.25, 0.3) is 0 Å². The lowest BCUT2D eigenvalue weighted by Gasteiger charge is -2.17. The minimum atomic E-state index is 0.109. The molecule has 1 amide bonds. The fourth-order valence-corrected chi connectivity index (χ4v) is 3.45. The van der Waals surface area contributed by atoms with E-state index in [-0.39, 0.29) is 16.9 Å². The van der Waals surface area contributed by atoms with Gasteiger partial charge in [-0.2, -0.15) is 0 Å². The van der Waals surface area contributed by atoms with E-state index in [4.69, 9.17) is 11.6 Å². The second-order valence-electron chi connectivity index (χ2n) is 4.90. The minimum absolute atomic E-state index is 0.109. The molecule has 1 aromatic rings. The molecule has 1 saturated heterocycles. The summed E-state index contributed by atoms with van der Waals surface area (Å²) in [5.41, 5.74) is 1.05. The molecule has 0 aromatic heterocycles. The van der Waals surface area contributed by atoms with E-state index in [9.17, 15) is 9.59 Å². The van der Waals surface area contributed by atoms with Crippen LogP contribution >= 0.6 is 39.3 Å². The number of amides is 1. The van der Waals surface area contributed by atoms with Gasteiger partial charge in [0, 0.05) is 36.7 Å². The van der Waals surface area contributed by atoms with Gasteiger partial charge in [0.1, 0.15) is 0 Å². The molecule has 0 N–H and O–H groups in total. The molecule has 1 fully saturated rings. The average molecular weight is 377 g/mol. The molecular weight excluding hydrogens is 362 g/mol. The highest BCUT2D eigenvalue weighted by molar-refractivity contribution is 9.10. The summed E-state index contributed by atoms with van der Waals surface area (Å²) in [5.74, 6) is 1.15. The van der Waals surface area contributed by atoms with Crippen LogP contribution in [-0.4, -0.2) is 28.2 Å². The van der Waals surface area contributed by atoms with Crippen molar-refractivity contribution >= 4 is 50.3 Å². The smallest absolute Gasteiger partial charge is 0.223 e. The summed E-state index contributed by atoms with van der Waals surface area (Å²) < 4.78 is 0.840. The third-order valence-electron chi connectivity index (χ3n) is 3.17. The zero-order valence-electron chi connectivity index (χ0n) is 11.1. The standard InChI is InChI=1S/C14H15BrClNO2S/c1-9(18)20-8-11-5-14(19)17(7-11)6-10-2-3-13(16)12(15)4-10/h2-4,11H,5-8H2,1H3. The van der Waals surface area contributed by atoms with Crippen LogP contribution in [0.1, 0.15) is 18.9 Å². The Morgan fingerprint density at radius 1 is 1.55 bits per heavy atom. The van der Waals surface area contributed by atoms with Gasteiger partial charge in [-0.25, -0.2) is 0 Å². The minimum Gasteiger partial charge on any atom is -0.338 e. The van der Waals surface area contributed by atoms with E-state index in [0.717, 1.165) is 22.3 Å². The topological polar surface area (TPSA) is 37.4 Å². The van der Waals surface area contributed by atoms with Gasteiger partial charge in [0.15, 0.2) is 5.12 Å². The van der Waals surface area contributed by atoms with Crippen molar-refractivity contribution < 1.29 is 9.59 Å². The molecule has 1 aromatic carbocycles. The first-order valence-corrected chi connectivity index (χ1v) is 8.46. The van der Waals surface area contributed by atoms with Crippen molar-refractivity contribution in [1.29, 1.82) is 0 Å². The van der Waals surface area contributed by atoms with Gasteiger partial charge in [-0.1, -0.05) is 29.4 Å². The lowest BCUT2D eigenvalue weighted by molar-refractivity contribution is -0.128. The van der Waals surface area contributed by atoms with Crippen LogP contribution in [-0.2, 0) is 16.1 Å². The van der Waals surface area contributed by atoms with Crippen molar-refractivity contribution in [2.45, 2.75) is 19.9 Å². The predicted molar refractivity (Wildman–Crippen MR) is 85.8 cm³/mol. The van der Waals surface area contributed by atoms with Crippen LogP contribution in [0.15, 0.2) is 22.7 Å². The number of likely N-dealkylation sites (tertiary alicyclic amines) is 1. The van der Waals surface area contributed by atoms with Gasteiger partial charge >= 0.3 is 0 Å². The van der Waals surface area contributed by atoms with E-state index in [1.54, 1.807) is 6.92 Å². The van der Waals surface area contributed by atoms with E-state index in [2.05, 4.69) is 15.9 Å². The van der Waals surface area contributed by atoms with Gasteiger partial charge < -0.3 is 4.90 Å². The lowest BCUT2D eigenvalue weighted by Crippen LogP contribution is -2.24. The maximum atomic E-state index is 12.0. The molecule has 1 aliphatic rings. The summed E-state index contributed by atoms with van der Waals surface area (Å²) in [6.07, 6.45) is 0.537. The van der Waals surface area contributed by atoms with Crippen LogP contribution in [0.2, 0.25) is 5.02 Å². The Hall–Kier alpha value is -0.520. The van der Waals surface area contributed by atoms with Crippen LogP contribution in [0.3, 0.4) is 0 Å². The quantitative estimate of drug-likeness (QED) is 0.803. The molecule has 0 radical (unpaired) electrons. The third-order valence-corrected chi connectivity index (χ3v) is 5.43. The Kier molecular flexibility index (Phi) is 5.52. The summed E-state index contributed by atoms with van der Waals surface area (Å²) >= 11 is 10.6. The number of hydrogen-bond donors (Lipinski definition) is 0. The SMILES string of the molecule is CC(=O)SCC1CC(=O)N(Cc2ccc(Cl)c(Br)c2)C1. The molecule has 0 bridgehead atoms. The molecule has 0 saturated carbocycles. The largest absolute Gasteiger partial charge is 0.338 e. The van der Waals surface area contributed by atoms with Crippen molar-refractivity contribution in [2.75, 3.05) is 12.3 Å². The molecule has 108 valence electrons. The first kappa shape index (κ1) is 15.9. The van der Waals surface area contributed by atoms with E-state index in [0.29, 0.717) is 18.0 Å². The molecule has 1 aliphatic heterocycles. The van der Waals surface area contributed by atoms with Crippen molar-refractivity contribution in [3.63, 3.8) is 0 Å². The number of halogens is 2. The van der Waals surface area contributed by atoms with Crippen molar-refractivity contribution in [1.82, 2.24) is 4.90 Å². The van der Waals surface area contributed by atoms with Crippen molar-refractivity contribution in [3.8, 4) is 0 Å². The second-order valence-corrected chi connectivity index (χ2v) is 7.35. The number of carbonyl (C=O) groups is 2. The highest BCUT2D eigenvalue weighted by atomic mass is 79.9. The lowest BCUT2D eigenvalue weighted by atomic mass is 10.1. The Labute approximate surface area is 136 Å². The summed E-state index contributed by atoms with van der Waals surface area (Å²) in [5, 5.41) is 0.773. The molecular formula is C14H15BrClNO2S. The van der Waals surface area contributed by atoms with Crippen LogP contribution < -0.4 is 0 Å².